The Morgan fingerprint density at radius 3 is 0.949 bits per heavy atom. The van der Waals surface area contributed by atoms with E-state index in [1.54, 1.807) is 19.1 Å². The van der Waals surface area contributed by atoms with Crippen molar-refractivity contribution in [2.24, 2.45) is 11.5 Å². The summed E-state index contributed by atoms with van der Waals surface area (Å²) in [7, 11) is -4.04. The number of amides is 4. The first-order valence-corrected chi connectivity index (χ1v) is 45.1. The van der Waals surface area contributed by atoms with Gasteiger partial charge in [0.05, 0.1) is 77.6 Å². The summed E-state index contributed by atoms with van der Waals surface area (Å²) in [5.41, 5.74) is 16.6. The summed E-state index contributed by atoms with van der Waals surface area (Å²) in [6, 6.07) is 6.13. The number of aliphatic hydroxyl groups is 2. The molecule has 52 heteroatoms. The molecule has 2 heterocycles. The smallest absolute Gasteiger partial charge is 0.331 e. The molecule has 2 aliphatic heterocycles. The van der Waals surface area contributed by atoms with Gasteiger partial charge >= 0.3 is 5.97 Å². The third kappa shape index (κ3) is 69.2. The molecule has 0 saturated carbocycles. The molecule has 0 aromatic heterocycles. The van der Waals surface area contributed by atoms with Crippen LogP contribution in [0.15, 0.2) is 84.9 Å². The number of carboxylic acid groups (broad SMARTS) is 1. The van der Waals surface area contributed by atoms with Gasteiger partial charge in [0.25, 0.3) is 10.1 Å². The summed E-state index contributed by atoms with van der Waals surface area (Å²) in [4.78, 5) is 67.2. The van der Waals surface area contributed by atoms with Gasteiger partial charge in [0, 0.05) is 73.1 Å². The fourth-order valence-electron chi connectivity index (χ4n) is 8.32. The van der Waals surface area contributed by atoms with Gasteiger partial charge in [0.2, 0.25) is 54.0 Å². The molecule has 2 aliphatic rings. The molecule has 1 aromatic carbocycles. The summed E-state index contributed by atoms with van der Waals surface area (Å²) in [6.07, 6.45) is 0.186. The van der Waals surface area contributed by atoms with Crippen LogP contribution < -0.4 is 22.1 Å². The Hall–Kier alpha value is 2.28. The number of primary amides is 2. The maximum Gasteiger partial charge on any atom is 0.331 e. The highest BCUT2D eigenvalue weighted by Gasteiger charge is 2.33. The van der Waals surface area contributed by atoms with Gasteiger partial charge in [0.15, 0.2) is 29.0 Å². The molecule has 0 bridgehead atoms. The van der Waals surface area contributed by atoms with Gasteiger partial charge in [-0.25, -0.2) is 4.79 Å². The number of ether oxygens (including phenoxy) is 8. The van der Waals surface area contributed by atoms with E-state index in [1.165, 1.54) is 26.0 Å². The lowest BCUT2D eigenvalue weighted by Crippen LogP contribution is -2.28. The van der Waals surface area contributed by atoms with Gasteiger partial charge in [-0.3, -0.25) is 23.4 Å². The second kappa shape index (κ2) is 61.1. The summed E-state index contributed by atoms with van der Waals surface area (Å²) < 4.78 is 58.3. The average molecular weight is 2250 g/mol. The third-order valence-corrected chi connectivity index (χ3v) is 18.8. The molecular weight excluding hydrogens is 2160 g/mol. The minimum absolute atomic E-state index is 0.00986. The third-order valence-electron chi connectivity index (χ3n) is 14.1. The molecule has 0 radical (unpaired) electrons. The Kier molecular flexibility index (Phi) is 64.4. The van der Waals surface area contributed by atoms with Gasteiger partial charge in [0.1, 0.15) is 6.29 Å². The van der Waals surface area contributed by atoms with E-state index in [1.807, 2.05) is 27.7 Å². The second-order valence-electron chi connectivity index (χ2n) is 24.5. The molecular formula is C66H87Cl27N4O20S. The number of nitrogens with one attached hydrogen (secondary N) is 2. The first-order chi connectivity index (χ1) is 53.5. The predicted octanol–water partition coefficient (Wildman–Crippen LogP) is 20.8. The number of hydrogen-bond donors (Lipinski definition) is 7. The highest BCUT2D eigenvalue weighted by atomic mass is 35.6. The number of aliphatic carboxylic acids is 1. The highest BCUT2D eigenvalue weighted by molar-refractivity contribution is 7.86. The maximum absolute atomic E-state index is 12.4. The van der Waals surface area contributed by atoms with Crippen LogP contribution >= 0.6 is 313 Å². The van der Waals surface area contributed by atoms with E-state index in [2.05, 4.69) is 10.6 Å². The van der Waals surface area contributed by atoms with Crippen LogP contribution in [0.2, 0.25) is 0 Å². The number of nitrogens with two attached hydrogens (primary N) is 2. The van der Waals surface area contributed by atoms with E-state index in [4.69, 9.17) is 382 Å². The number of hydrogen-bond acceptors (Lipinski definition) is 19. The Morgan fingerprint density at radius 2 is 0.712 bits per heavy atom. The van der Waals surface area contributed by atoms with Crippen LogP contribution in [-0.2, 0) is 81.0 Å². The Balaban J connectivity index is -0.00000141. The largest absolute Gasteiger partial charge is 0.478 e. The zero-order valence-electron chi connectivity index (χ0n) is 63.2. The van der Waals surface area contributed by atoms with Crippen LogP contribution in [0.3, 0.4) is 0 Å². The van der Waals surface area contributed by atoms with Crippen LogP contribution in [0.5, 0.6) is 0 Å². The van der Waals surface area contributed by atoms with Gasteiger partial charge in [-0.2, -0.15) is 8.42 Å². The molecule has 9 N–H and O–H groups in total. The predicted molar refractivity (Wildman–Crippen MR) is 482 cm³/mol. The van der Waals surface area contributed by atoms with Crippen LogP contribution in [0, 0.1) is 6.92 Å². The van der Waals surface area contributed by atoms with Crippen molar-refractivity contribution in [2.45, 2.75) is 183 Å². The van der Waals surface area contributed by atoms with E-state index >= 15 is 0 Å². The van der Waals surface area contributed by atoms with Gasteiger partial charge in [-0.05, 0) is 120 Å². The number of aliphatic hydroxyl groups excluding tert-OH is 2. The monoisotopic (exact) mass is 2230 g/mol. The summed E-state index contributed by atoms with van der Waals surface area (Å²) in [5.74, 6) is -2.69. The van der Waals surface area contributed by atoms with Crippen molar-refractivity contribution < 1.29 is 94.6 Å². The summed E-state index contributed by atoms with van der Waals surface area (Å²) in [6.45, 7) is 9.98. The van der Waals surface area contributed by atoms with Crippen molar-refractivity contribution in [3.05, 3.63) is 85.6 Å². The molecule has 0 saturated heterocycles. The number of carboxylic acids is 1. The number of benzene rings is 1. The minimum atomic E-state index is -4.04. The van der Waals surface area contributed by atoms with Crippen LogP contribution in [-0.4, -0.2) is 205 Å². The van der Waals surface area contributed by atoms with Crippen molar-refractivity contribution in [2.75, 3.05) is 85.8 Å². The van der Waals surface area contributed by atoms with E-state index in [0.29, 0.717) is 67.5 Å². The van der Waals surface area contributed by atoms with Crippen LogP contribution in [0.1, 0.15) is 118 Å². The minimum Gasteiger partial charge on any atom is -0.478 e. The molecule has 3 rings (SSSR count). The normalized spacial score (nSPS) is 14.7. The number of halogens is 27. The van der Waals surface area contributed by atoms with Crippen molar-refractivity contribution in [3.63, 3.8) is 0 Å². The van der Waals surface area contributed by atoms with Gasteiger partial charge in [-0.15, -0.1) is 0 Å². The maximum atomic E-state index is 12.4. The summed E-state index contributed by atoms with van der Waals surface area (Å²) in [5, 5.41) is 32.7. The Labute approximate surface area is 821 Å². The number of carbonyl (C=O) groups excluding carboxylic acids is 5. The van der Waals surface area contributed by atoms with E-state index in [0.717, 1.165) is 28.6 Å². The van der Waals surface area contributed by atoms with Crippen molar-refractivity contribution >= 4 is 359 Å². The highest BCUT2D eigenvalue weighted by Crippen LogP contribution is 2.36. The van der Waals surface area contributed by atoms with E-state index < -0.39 is 87.2 Å². The number of aryl methyl sites for hydroxylation is 1. The average Bonchev–Trinajstić information content (AvgIpc) is 1.23. The van der Waals surface area contributed by atoms with Gasteiger partial charge < -0.3 is 80.1 Å². The van der Waals surface area contributed by atoms with Gasteiger partial charge in [-0.1, -0.05) is 338 Å². The lowest BCUT2D eigenvalue weighted by Gasteiger charge is -2.23. The quantitative estimate of drug-likeness (QED) is 0.0105. The Morgan fingerprint density at radius 1 is 0.449 bits per heavy atom. The SMILES string of the molecule is C/C(CO)=C(\CCC(OCC(Cl)(Cl)Cl)OCC(Cl)(Cl)Cl)C(=O)O.C/C(CO)=C(\CCC(OCC(Cl)(Cl)Cl)OCC(Cl)(Cl)Cl)C(N)=O.C/C(COS(=O)(=O)c1ccc(C)cc1)=C(\CCC(OCC(Cl)(Cl)Cl)OCC(Cl)(Cl)Cl)C(N)=O.CC1=C(CCC(OCC(Cl)(Cl)Cl)OCC(Cl)(Cl)Cl)C(=O)NC1.CC1=C(CCC=O)C(=O)NC1.CCC(Cl)(Cl)Cl. The zero-order chi connectivity index (χ0) is 92.4. The lowest BCUT2D eigenvalue weighted by molar-refractivity contribution is -0.145. The molecule has 24 nitrogen and oxygen atoms in total. The zero-order valence-corrected chi connectivity index (χ0v) is 84.4. The van der Waals surface area contributed by atoms with Crippen molar-refractivity contribution in [1.29, 1.82) is 0 Å². The number of carbonyl (C=O) groups is 6. The molecule has 1 aromatic rings. The van der Waals surface area contributed by atoms with Crippen molar-refractivity contribution in [3.8, 4) is 0 Å². The van der Waals surface area contributed by atoms with Crippen LogP contribution in [0.25, 0.3) is 0 Å². The first kappa shape index (κ1) is 124. The molecule has 0 aliphatic carbocycles. The Bertz CT molecular complexity index is 3360. The van der Waals surface area contributed by atoms with E-state index in [9.17, 15) is 37.2 Å². The molecule has 686 valence electrons. The number of alkyl halides is 27. The van der Waals surface area contributed by atoms with Crippen LogP contribution in [0.4, 0.5) is 0 Å². The van der Waals surface area contributed by atoms with E-state index in [-0.39, 0.29) is 145 Å². The molecule has 0 spiro atoms. The second-order valence-corrected chi connectivity index (χ2v) is 48.8. The molecule has 118 heavy (non-hydrogen) atoms. The fourth-order valence-corrected chi connectivity index (χ4v) is 10.8. The topological polar surface area (TPSA) is 356 Å². The van der Waals surface area contributed by atoms with Crippen molar-refractivity contribution in [1.82, 2.24) is 10.6 Å². The summed E-state index contributed by atoms with van der Waals surface area (Å²) >= 11 is 151. The lowest BCUT2D eigenvalue weighted by atomic mass is 10.0. The first-order valence-electron chi connectivity index (χ1n) is 33.5. The molecule has 0 atom stereocenters. The number of aldehydes is 1. The molecule has 0 unspecified atom stereocenters. The standard InChI is InChI=1S/C19H23Cl6NO6S.C12H17Cl6NO4.C12H15Cl6NO3.C12H16Cl6O5.C8H11NO2.C3H5Cl3/c1-12-3-5-14(6-4-12)33(28,29)32-9-13(2)15(17(26)27)7-8-16(30-10-18(20,21)22)31-11-19(23,24)25;1-7(4-20)8(10(19)21)2-3-9(22-5-11(13,14)15)23-6-12(16,17)18;1-7-4-19-10(20)8(7)2-3-9(21-5-11(13,14)15)22-6-12(16,17)18;1-7(4-19)8(10(20)21)2-3-9(22-5-11(13,14)15)23-6-12(16,17)18;1-6-5-9-8(11)7(6)3-2-4-10;1-2-3(4,5)6/h3-6,16H,7-11H2,1-2H3,(H2,26,27);9,20H,2-6H2,1H3,(H2,19,21);9H,2-6H2,1H3,(H,19,20);9,19H,2-6H2,1H3,(H,20,21);4H,2-3,5H2,1H3,(H,9,11);2H2,1H3/b15-13-;8-7-;;8-7-;;. The number of rotatable bonds is 40. The molecule has 4 amide bonds. The fraction of sp³-hybridized carbons (Fsp3) is 0.667. The molecule has 0 fully saturated rings.